The van der Waals surface area contributed by atoms with Gasteiger partial charge in [0, 0.05) is 13.1 Å². The van der Waals surface area contributed by atoms with E-state index in [1.54, 1.807) is 17.0 Å². The van der Waals surface area contributed by atoms with Crippen LogP contribution in [0.3, 0.4) is 0 Å². The van der Waals surface area contributed by atoms with Gasteiger partial charge in [-0.25, -0.2) is 4.79 Å². The number of carboxylic acids is 1. The summed E-state index contributed by atoms with van der Waals surface area (Å²) in [5.74, 6) is -0.573. The first-order chi connectivity index (χ1) is 10.5. The zero-order valence-corrected chi connectivity index (χ0v) is 12.9. The van der Waals surface area contributed by atoms with Crippen LogP contribution in [-0.2, 0) is 4.79 Å². The topological polar surface area (TPSA) is 78.9 Å². The first kappa shape index (κ1) is 16.1. The van der Waals surface area contributed by atoms with Gasteiger partial charge in [-0.1, -0.05) is 19.1 Å². The number of piperidine rings is 1. The highest BCUT2D eigenvalue weighted by Crippen LogP contribution is 2.26. The number of nitrogens with zero attached hydrogens (tertiary/aromatic N) is 1. The van der Waals surface area contributed by atoms with E-state index in [4.69, 9.17) is 4.74 Å². The molecule has 0 aliphatic carbocycles. The van der Waals surface area contributed by atoms with Gasteiger partial charge in [0.2, 0.25) is 0 Å². The number of hydrogen-bond donors (Lipinski definition) is 2. The van der Waals surface area contributed by atoms with Gasteiger partial charge < -0.3 is 20.1 Å². The largest absolute Gasteiger partial charge is 0.492 e. The Hall–Kier alpha value is -2.24. The Morgan fingerprint density at radius 3 is 2.77 bits per heavy atom. The highest BCUT2D eigenvalue weighted by Gasteiger charge is 2.32. The number of para-hydroxylation sites is 2. The van der Waals surface area contributed by atoms with Gasteiger partial charge in [-0.3, -0.25) is 4.79 Å². The van der Waals surface area contributed by atoms with Crippen LogP contribution in [0.1, 0.15) is 20.3 Å². The lowest BCUT2D eigenvalue weighted by Crippen LogP contribution is -2.47. The van der Waals surface area contributed by atoms with Crippen LogP contribution in [0.25, 0.3) is 0 Å². The van der Waals surface area contributed by atoms with Crippen molar-refractivity contribution in [1.29, 1.82) is 0 Å². The summed E-state index contributed by atoms with van der Waals surface area (Å²) in [4.78, 5) is 25.2. The number of likely N-dealkylation sites (tertiary alicyclic amines) is 1. The number of benzene rings is 1. The fourth-order valence-electron chi connectivity index (χ4n) is 2.74. The second-order valence-corrected chi connectivity index (χ2v) is 5.64. The third-order valence-corrected chi connectivity index (χ3v) is 3.72. The molecule has 1 saturated heterocycles. The Morgan fingerprint density at radius 1 is 1.36 bits per heavy atom. The number of anilines is 1. The van der Waals surface area contributed by atoms with Crippen molar-refractivity contribution in [2.45, 2.75) is 20.3 Å². The highest BCUT2D eigenvalue weighted by molar-refractivity contribution is 5.91. The van der Waals surface area contributed by atoms with E-state index in [1.807, 2.05) is 26.0 Å². The van der Waals surface area contributed by atoms with Crippen molar-refractivity contribution in [2.75, 3.05) is 25.0 Å². The molecule has 1 heterocycles. The molecule has 120 valence electrons. The fraction of sp³-hybridized carbons (Fsp3) is 0.500. The Kier molecular flexibility index (Phi) is 5.25. The van der Waals surface area contributed by atoms with E-state index < -0.39 is 11.9 Å². The molecule has 2 atom stereocenters. The minimum Gasteiger partial charge on any atom is -0.492 e. The van der Waals surface area contributed by atoms with Crippen LogP contribution < -0.4 is 10.1 Å². The van der Waals surface area contributed by atoms with Crippen molar-refractivity contribution in [2.24, 2.45) is 11.8 Å². The summed E-state index contributed by atoms with van der Waals surface area (Å²) in [6.07, 6.45) is 0.606. The summed E-state index contributed by atoms with van der Waals surface area (Å²) in [7, 11) is 0. The Labute approximate surface area is 130 Å². The number of urea groups is 1. The van der Waals surface area contributed by atoms with E-state index in [0.29, 0.717) is 31.0 Å². The second kappa shape index (κ2) is 7.15. The standard InChI is InChI=1S/C16H22N2O4/c1-3-22-14-7-5-4-6-13(14)17-16(21)18-9-11(2)8-12(10-18)15(19)20/h4-7,11-12H,3,8-10H2,1-2H3,(H,17,21)(H,19,20). The van der Waals surface area contributed by atoms with Gasteiger partial charge >= 0.3 is 12.0 Å². The number of rotatable bonds is 4. The number of amides is 2. The van der Waals surface area contributed by atoms with Gasteiger partial charge in [0.25, 0.3) is 0 Å². The third kappa shape index (κ3) is 3.90. The first-order valence-electron chi connectivity index (χ1n) is 7.51. The zero-order chi connectivity index (χ0) is 16.1. The van der Waals surface area contributed by atoms with Crippen LogP contribution in [-0.4, -0.2) is 41.7 Å². The van der Waals surface area contributed by atoms with E-state index >= 15 is 0 Å². The molecule has 0 spiro atoms. The molecule has 2 unspecified atom stereocenters. The first-order valence-corrected chi connectivity index (χ1v) is 7.51. The molecular formula is C16H22N2O4. The van der Waals surface area contributed by atoms with E-state index in [-0.39, 0.29) is 18.5 Å². The third-order valence-electron chi connectivity index (χ3n) is 3.72. The van der Waals surface area contributed by atoms with Crippen molar-refractivity contribution in [3.8, 4) is 5.75 Å². The molecule has 0 saturated carbocycles. The lowest BCUT2D eigenvalue weighted by atomic mass is 9.91. The number of aliphatic carboxylic acids is 1. The van der Waals surface area contributed by atoms with Gasteiger partial charge in [0.05, 0.1) is 18.2 Å². The number of carboxylic acid groups (broad SMARTS) is 1. The summed E-state index contributed by atoms with van der Waals surface area (Å²) in [5, 5.41) is 12.0. The summed E-state index contributed by atoms with van der Waals surface area (Å²) in [6.45, 7) is 5.15. The molecule has 1 fully saturated rings. The summed E-state index contributed by atoms with van der Waals surface area (Å²) >= 11 is 0. The lowest BCUT2D eigenvalue weighted by molar-refractivity contribution is -0.143. The molecule has 0 bridgehead atoms. The van der Waals surface area contributed by atoms with E-state index in [0.717, 1.165) is 0 Å². The normalized spacial score (nSPS) is 21.3. The predicted molar refractivity (Wildman–Crippen MR) is 83.1 cm³/mol. The minimum absolute atomic E-state index is 0.169. The molecule has 1 aliphatic heterocycles. The minimum atomic E-state index is -0.848. The van der Waals surface area contributed by atoms with Gasteiger partial charge in [-0.15, -0.1) is 0 Å². The molecule has 1 aromatic carbocycles. The van der Waals surface area contributed by atoms with Gasteiger partial charge in [0.1, 0.15) is 5.75 Å². The SMILES string of the molecule is CCOc1ccccc1NC(=O)N1CC(C)CC(C(=O)O)C1. The van der Waals surface area contributed by atoms with E-state index in [1.165, 1.54) is 0 Å². The quantitative estimate of drug-likeness (QED) is 0.896. The number of carbonyl (C=O) groups excluding carboxylic acids is 1. The van der Waals surface area contributed by atoms with Gasteiger partial charge in [-0.2, -0.15) is 0 Å². The number of carbonyl (C=O) groups is 2. The average Bonchev–Trinajstić information content (AvgIpc) is 2.48. The van der Waals surface area contributed by atoms with E-state index in [9.17, 15) is 14.7 Å². The van der Waals surface area contributed by atoms with Crippen molar-refractivity contribution < 1.29 is 19.4 Å². The molecule has 0 radical (unpaired) electrons. The number of nitrogens with one attached hydrogen (secondary N) is 1. The van der Waals surface area contributed by atoms with Crippen LogP contribution >= 0.6 is 0 Å². The maximum atomic E-state index is 12.4. The molecule has 6 heteroatoms. The van der Waals surface area contributed by atoms with Crippen LogP contribution in [0.5, 0.6) is 5.75 Å². The molecule has 2 N–H and O–H groups in total. The Balaban J connectivity index is 2.07. The van der Waals surface area contributed by atoms with Crippen molar-refractivity contribution in [3.63, 3.8) is 0 Å². The highest BCUT2D eigenvalue weighted by atomic mass is 16.5. The maximum absolute atomic E-state index is 12.4. The monoisotopic (exact) mass is 306 g/mol. The molecule has 1 aromatic rings. The molecule has 2 amide bonds. The molecule has 2 rings (SSSR count). The second-order valence-electron chi connectivity index (χ2n) is 5.64. The molecule has 0 aromatic heterocycles. The van der Waals surface area contributed by atoms with Crippen LogP contribution in [0, 0.1) is 11.8 Å². The number of ether oxygens (including phenoxy) is 1. The van der Waals surface area contributed by atoms with E-state index in [2.05, 4.69) is 5.32 Å². The van der Waals surface area contributed by atoms with Crippen molar-refractivity contribution >= 4 is 17.7 Å². The average molecular weight is 306 g/mol. The zero-order valence-electron chi connectivity index (χ0n) is 12.9. The molecule has 22 heavy (non-hydrogen) atoms. The smallest absolute Gasteiger partial charge is 0.321 e. The molecule has 6 nitrogen and oxygen atoms in total. The van der Waals surface area contributed by atoms with Crippen molar-refractivity contribution in [1.82, 2.24) is 4.90 Å². The number of hydrogen-bond acceptors (Lipinski definition) is 3. The molecular weight excluding hydrogens is 284 g/mol. The summed E-state index contributed by atoms with van der Waals surface area (Å²) < 4.78 is 5.48. The van der Waals surface area contributed by atoms with Crippen LogP contribution in [0.15, 0.2) is 24.3 Å². The van der Waals surface area contributed by atoms with Crippen LogP contribution in [0.4, 0.5) is 10.5 Å². The van der Waals surface area contributed by atoms with Gasteiger partial charge in [0.15, 0.2) is 0 Å². The van der Waals surface area contributed by atoms with Crippen molar-refractivity contribution in [3.05, 3.63) is 24.3 Å². The molecule has 1 aliphatic rings. The predicted octanol–water partition coefficient (Wildman–Crippen LogP) is 2.66. The summed E-state index contributed by atoms with van der Waals surface area (Å²) in [5.41, 5.74) is 0.597. The van der Waals surface area contributed by atoms with Crippen LogP contribution in [0.2, 0.25) is 0 Å². The van der Waals surface area contributed by atoms with Gasteiger partial charge in [-0.05, 0) is 31.4 Å². The Morgan fingerprint density at radius 2 is 2.09 bits per heavy atom. The summed E-state index contributed by atoms with van der Waals surface area (Å²) in [6, 6.07) is 6.93. The Bertz CT molecular complexity index is 547. The lowest BCUT2D eigenvalue weighted by Gasteiger charge is -2.34. The maximum Gasteiger partial charge on any atom is 0.321 e. The fourth-order valence-corrected chi connectivity index (χ4v) is 2.74.